The highest BCUT2D eigenvalue weighted by Crippen LogP contribution is 2.24. The number of rotatable bonds is 14. The molecule has 7 heteroatoms. The Labute approximate surface area is 221 Å². The predicted molar refractivity (Wildman–Crippen MR) is 150 cm³/mol. The zero-order valence-electron chi connectivity index (χ0n) is 22.0. The number of amides is 1. The molecule has 3 aromatic carbocycles. The Morgan fingerprint density at radius 3 is 2.19 bits per heavy atom. The minimum Gasteiger partial charge on any atom is -0.489 e. The van der Waals surface area contributed by atoms with Crippen LogP contribution < -0.4 is 14.4 Å². The quantitative estimate of drug-likeness (QED) is 0.274. The van der Waals surface area contributed by atoms with E-state index in [4.69, 9.17) is 4.74 Å². The third-order valence-electron chi connectivity index (χ3n) is 6.41. The second-order valence-corrected chi connectivity index (χ2v) is 11.3. The number of anilines is 1. The maximum atomic E-state index is 12.6. The topological polar surface area (TPSA) is 75.7 Å². The summed E-state index contributed by atoms with van der Waals surface area (Å²) in [7, 11) is -3.53. The second-order valence-electron chi connectivity index (χ2n) is 9.36. The molecule has 3 rings (SSSR count). The number of carbonyl (C=O) groups excluding carboxylic acids is 1. The van der Waals surface area contributed by atoms with Gasteiger partial charge in [-0.2, -0.15) is 0 Å². The number of sulfonamides is 1. The largest absolute Gasteiger partial charge is 0.489 e. The van der Waals surface area contributed by atoms with Crippen molar-refractivity contribution >= 4 is 21.6 Å². The van der Waals surface area contributed by atoms with E-state index in [9.17, 15) is 13.2 Å². The van der Waals surface area contributed by atoms with Crippen LogP contribution in [0.4, 0.5) is 5.69 Å². The summed E-state index contributed by atoms with van der Waals surface area (Å²) in [6.45, 7) is 5.60. The number of ether oxygens (including phenoxy) is 1. The fraction of sp³-hybridized carbons (Fsp3) is 0.367. The number of nitrogens with one attached hydrogen (secondary N) is 1. The molecule has 0 saturated heterocycles. The number of hydrogen-bond acceptors (Lipinski definition) is 4. The summed E-state index contributed by atoms with van der Waals surface area (Å²) in [4.78, 5) is 12.6. The first-order chi connectivity index (χ1) is 17.8. The van der Waals surface area contributed by atoms with E-state index in [2.05, 4.69) is 19.2 Å². The predicted octanol–water partition coefficient (Wildman–Crippen LogP) is 6.18. The summed E-state index contributed by atoms with van der Waals surface area (Å²) in [5.41, 5.74) is 2.97. The van der Waals surface area contributed by atoms with Gasteiger partial charge in [0.2, 0.25) is 10.0 Å². The average Bonchev–Trinajstić information content (AvgIpc) is 2.91. The van der Waals surface area contributed by atoms with Crippen LogP contribution in [-0.2, 0) is 23.2 Å². The Bertz CT molecular complexity index is 1210. The highest BCUT2D eigenvalue weighted by atomic mass is 32.2. The number of nitrogens with zero attached hydrogens (tertiary/aromatic N) is 1. The van der Waals surface area contributed by atoms with E-state index in [1.807, 2.05) is 30.3 Å². The molecule has 0 aromatic heterocycles. The van der Waals surface area contributed by atoms with Crippen molar-refractivity contribution in [2.75, 3.05) is 17.1 Å². The first-order valence-corrected chi connectivity index (χ1v) is 14.8. The van der Waals surface area contributed by atoms with E-state index in [0.29, 0.717) is 36.1 Å². The molecule has 0 fully saturated rings. The van der Waals surface area contributed by atoms with Gasteiger partial charge in [0.25, 0.3) is 5.91 Å². The summed E-state index contributed by atoms with van der Waals surface area (Å²) in [5, 5.41) is 3.04. The van der Waals surface area contributed by atoms with Crippen molar-refractivity contribution in [2.45, 2.75) is 52.7 Å². The van der Waals surface area contributed by atoms with Crippen molar-refractivity contribution in [3.63, 3.8) is 0 Å². The molecule has 1 atom stereocenters. The smallest absolute Gasteiger partial charge is 0.251 e. The van der Waals surface area contributed by atoms with Gasteiger partial charge in [-0.3, -0.25) is 9.10 Å². The molecule has 37 heavy (non-hydrogen) atoms. The first-order valence-electron chi connectivity index (χ1n) is 12.9. The lowest BCUT2D eigenvalue weighted by atomic mass is 9.99. The van der Waals surface area contributed by atoms with Crippen LogP contribution in [0.25, 0.3) is 0 Å². The SMILES string of the molecule is CCCCC(CC)CNC(=O)c1ccc(CN(c2ccc(OCc3ccccc3)cc2)S(C)(=O)=O)cc1. The van der Waals surface area contributed by atoms with Crippen molar-refractivity contribution < 1.29 is 17.9 Å². The van der Waals surface area contributed by atoms with Crippen LogP contribution in [0.3, 0.4) is 0 Å². The van der Waals surface area contributed by atoms with Gasteiger partial charge in [-0.25, -0.2) is 8.42 Å². The van der Waals surface area contributed by atoms with Crippen LogP contribution in [-0.4, -0.2) is 27.1 Å². The number of carbonyl (C=O) groups is 1. The molecule has 0 aliphatic carbocycles. The molecule has 1 amide bonds. The molecule has 0 bridgehead atoms. The van der Waals surface area contributed by atoms with Gasteiger partial charge in [-0.15, -0.1) is 0 Å². The van der Waals surface area contributed by atoms with Gasteiger partial charge in [0.05, 0.1) is 18.5 Å². The molecule has 3 aromatic rings. The van der Waals surface area contributed by atoms with Crippen molar-refractivity contribution in [1.82, 2.24) is 5.32 Å². The van der Waals surface area contributed by atoms with Gasteiger partial charge < -0.3 is 10.1 Å². The van der Waals surface area contributed by atoms with Gasteiger partial charge in [0, 0.05) is 12.1 Å². The summed E-state index contributed by atoms with van der Waals surface area (Å²) in [6.07, 6.45) is 5.68. The van der Waals surface area contributed by atoms with Gasteiger partial charge in [-0.05, 0) is 59.9 Å². The second kappa shape index (κ2) is 13.8. The van der Waals surface area contributed by atoms with E-state index in [0.717, 1.165) is 30.4 Å². The Hall–Kier alpha value is -3.32. The molecule has 0 saturated carbocycles. The van der Waals surface area contributed by atoms with Crippen molar-refractivity contribution in [2.24, 2.45) is 5.92 Å². The lowest BCUT2D eigenvalue weighted by Gasteiger charge is -2.23. The standard InChI is InChI=1S/C30H38N2O4S/c1-4-6-10-24(5-2)21-31-30(33)27-15-13-25(14-16-27)22-32(37(3,34)35)28-17-19-29(20-18-28)36-23-26-11-8-7-9-12-26/h7-9,11-20,24H,4-6,10,21-23H2,1-3H3,(H,31,33). The zero-order chi connectivity index (χ0) is 26.7. The highest BCUT2D eigenvalue weighted by molar-refractivity contribution is 7.92. The molecule has 1 N–H and O–H groups in total. The van der Waals surface area contributed by atoms with Crippen molar-refractivity contribution in [3.8, 4) is 5.75 Å². The molecule has 0 radical (unpaired) electrons. The average molecular weight is 523 g/mol. The van der Waals surface area contributed by atoms with E-state index < -0.39 is 10.0 Å². The van der Waals surface area contributed by atoms with Crippen LogP contribution >= 0.6 is 0 Å². The molecular formula is C30H38N2O4S. The molecule has 0 aliphatic rings. The maximum absolute atomic E-state index is 12.6. The van der Waals surface area contributed by atoms with Crippen LogP contribution in [0.5, 0.6) is 5.75 Å². The van der Waals surface area contributed by atoms with E-state index in [1.165, 1.54) is 17.0 Å². The van der Waals surface area contributed by atoms with Gasteiger partial charge in [0.1, 0.15) is 12.4 Å². The Morgan fingerprint density at radius 2 is 1.59 bits per heavy atom. The van der Waals surface area contributed by atoms with Crippen LogP contribution in [0.15, 0.2) is 78.9 Å². The Kier molecular flexibility index (Phi) is 10.6. The van der Waals surface area contributed by atoms with E-state index >= 15 is 0 Å². The van der Waals surface area contributed by atoms with Gasteiger partial charge in [-0.1, -0.05) is 75.6 Å². The molecule has 0 spiro atoms. The summed E-state index contributed by atoms with van der Waals surface area (Å²) in [5.74, 6) is 1.05. The lowest BCUT2D eigenvalue weighted by molar-refractivity contribution is 0.0946. The number of hydrogen-bond donors (Lipinski definition) is 1. The van der Waals surface area contributed by atoms with Crippen molar-refractivity contribution in [3.05, 3.63) is 95.6 Å². The van der Waals surface area contributed by atoms with Crippen LogP contribution in [0.2, 0.25) is 0 Å². The number of unbranched alkanes of at least 4 members (excludes halogenated alkanes) is 1. The van der Waals surface area contributed by atoms with Gasteiger partial charge >= 0.3 is 0 Å². The first kappa shape index (κ1) is 28.3. The number of benzene rings is 3. The Morgan fingerprint density at radius 1 is 0.919 bits per heavy atom. The monoisotopic (exact) mass is 522 g/mol. The van der Waals surface area contributed by atoms with E-state index in [1.54, 1.807) is 48.5 Å². The fourth-order valence-electron chi connectivity index (χ4n) is 4.06. The zero-order valence-corrected chi connectivity index (χ0v) is 22.8. The van der Waals surface area contributed by atoms with E-state index in [-0.39, 0.29) is 12.5 Å². The van der Waals surface area contributed by atoms with Gasteiger partial charge in [0.15, 0.2) is 0 Å². The summed E-state index contributed by atoms with van der Waals surface area (Å²) < 4.78 is 32.4. The minimum atomic E-state index is -3.53. The van der Waals surface area contributed by atoms with Crippen molar-refractivity contribution in [1.29, 1.82) is 0 Å². The molecule has 198 valence electrons. The lowest BCUT2D eigenvalue weighted by Crippen LogP contribution is -2.30. The molecule has 6 nitrogen and oxygen atoms in total. The summed E-state index contributed by atoms with van der Waals surface area (Å²) in [6, 6.07) is 24.0. The molecule has 0 heterocycles. The minimum absolute atomic E-state index is 0.104. The molecule has 1 unspecified atom stereocenters. The van der Waals surface area contributed by atoms with Crippen LogP contribution in [0.1, 0.15) is 61.0 Å². The fourth-order valence-corrected chi connectivity index (χ4v) is 4.95. The van der Waals surface area contributed by atoms with Crippen LogP contribution in [0, 0.1) is 5.92 Å². The molecular weight excluding hydrogens is 484 g/mol. The third kappa shape index (κ3) is 8.93. The normalized spacial score (nSPS) is 12.1. The highest BCUT2D eigenvalue weighted by Gasteiger charge is 2.18. The third-order valence-corrected chi connectivity index (χ3v) is 7.55. The Balaban J connectivity index is 1.62. The molecule has 0 aliphatic heterocycles. The summed E-state index contributed by atoms with van der Waals surface area (Å²) >= 11 is 0. The maximum Gasteiger partial charge on any atom is 0.251 e.